The van der Waals surface area contributed by atoms with Gasteiger partial charge in [-0.25, -0.2) is 9.38 Å². The average molecular weight is 507 g/mol. The summed E-state index contributed by atoms with van der Waals surface area (Å²) in [5.74, 6) is 1.81. The second-order valence-electron chi connectivity index (χ2n) is 8.04. The largest absolute Gasteiger partial charge is 0.493 e. The van der Waals surface area contributed by atoms with E-state index in [-0.39, 0.29) is 5.56 Å². The Morgan fingerprint density at radius 1 is 1.06 bits per heavy atom. The van der Waals surface area contributed by atoms with Crippen molar-refractivity contribution >= 4 is 45.0 Å². The molecule has 8 heteroatoms. The van der Waals surface area contributed by atoms with Crippen molar-refractivity contribution < 1.29 is 14.2 Å². The van der Waals surface area contributed by atoms with Crippen LogP contribution in [0.3, 0.4) is 0 Å². The van der Waals surface area contributed by atoms with E-state index in [0.717, 1.165) is 27.9 Å². The minimum atomic E-state index is -0.109. The Kier molecular flexibility index (Phi) is 6.61. The highest BCUT2D eigenvalue weighted by Crippen LogP contribution is 2.36. The normalized spacial score (nSPS) is 11.9. The number of imidazole rings is 1. The van der Waals surface area contributed by atoms with Crippen molar-refractivity contribution in [3.63, 3.8) is 0 Å². The van der Waals surface area contributed by atoms with E-state index in [1.807, 2.05) is 61.5 Å². The summed E-state index contributed by atoms with van der Waals surface area (Å²) in [7, 11) is 1.56. The zero-order valence-corrected chi connectivity index (χ0v) is 20.9. The highest BCUT2D eigenvalue weighted by atomic mass is 35.5. The van der Waals surface area contributed by atoms with E-state index in [2.05, 4.69) is 4.98 Å². The van der Waals surface area contributed by atoms with Crippen molar-refractivity contribution in [2.75, 3.05) is 20.3 Å². The molecule has 0 amide bonds. The number of fused-ring (bicyclic) bond motifs is 3. The van der Waals surface area contributed by atoms with Crippen LogP contribution in [0, 0.1) is 6.92 Å². The Bertz CT molecular complexity index is 1630. The number of thiazole rings is 1. The molecule has 0 N–H and O–H groups in total. The Hall–Kier alpha value is -3.55. The smallest absolute Gasteiger partial charge is 0.274 e. The fourth-order valence-electron chi connectivity index (χ4n) is 3.85. The van der Waals surface area contributed by atoms with Crippen LogP contribution in [0.4, 0.5) is 0 Å². The van der Waals surface area contributed by atoms with Crippen molar-refractivity contribution in [2.45, 2.75) is 13.3 Å². The summed E-state index contributed by atoms with van der Waals surface area (Å²) >= 11 is 7.87. The van der Waals surface area contributed by atoms with E-state index < -0.39 is 0 Å². The number of hydrogen-bond acceptors (Lipinski definition) is 6. The number of para-hydroxylation sites is 2. The lowest BCUT2D eigenvalue weighted by molar-refractivity contribution is 0.240. The second kappa shape index (κ2) is 9.98. The molecule has 3 aromatic carbocycles. The van der Waals surface area contributed by atoms with Crippen LogP contribution in [0.2, 0.25) is 5.02 Å². The van der Waals surface area contributed by atoms with Gasteiger partial charge in [0.1, 0.15) is 5.75 Å². The first kappa shape index (κ1) is 23.2. The SMILES string of the molecule is COc1cc(/C=c2\sc3nc4ccccc4n3c2=O)cc(Cl)c1OCCCOc1cccc(C)c1. The molecule has 0 aliphatic rings. The molecule has 0 unspecified atom stereocenters. The molecule has 178 valence electrons. The molecule has 0 aliphatic carbocycles. The highest BCUT2D eigenvalue weighted by molar-refractivity contribution is 7.15. The minimum Gasteiger partial charge on any atom is -0.493 e. The number of nitrogens with zero attached hydrogens (tertiary/aromatic N) is 2. The van der Waals surface area contributed by atoms with Crippen LogP contribution in [0.1, 0.15) is 17.5 Å². The van der Waals surface area contributed by atoms with E-state index in [4.69, 9.17) is 25.8 Å². The molecule has 0 saturated heterocycles. The molecule has 2 aromatic heterocycles. The number of rotatable bonds is 8. The topological polar surface area (TPSA) is 62.1 Å². The molecule has 5 rings (SSSR count). The quantitative estimate of drug-likeness (QED) is 0.268. The van der Waals surface area contributed by atoms with E-state index >= 15 is 0 Å². The maximum atomic E-state index is 13.0. The number of aryl methyl sites for hydroxylation is 1. The first-order chi connectivity index (χ1) is 17.0. The molecule has 0 atom stereocenters. The fraction of sp³-hybridized carbons (Fsp3) is 0.185. The molecule has 5 aromatic rings. The van der Waals surface area contributed by atoms with E-state index in [1.165, 1.54) is 11.3 Å². The number of aromatic nitrogens is 2. The van der Waals surface area contributed by atoms with Crippen LogP contribution in [0.15, 0.2) is 65.5 Å². The van der Waals surface area contributed by atoms with Gasteiger partial charge in [0.25, 0.3) is 5.56 Å². The lowest BCUT2D eigenvalue weighted by Crippen LogP contribution is -2.22. The molecule has 0 bridgehead atoms. The predicted molar refractivity (Wildman–Crippen MR) is 140 cm³/mol. The molecule has 0 spiro atoms. The molecule has 6 nitrogen and oxygen atoms in total. The van der Waals surface area contributed by atoms with Crippen molar-refractivity contribution in [3.05, 3.63) is 91.7 Å². The number of benzene rings is 3. The van der Waals surface area contributed by atoms with Gasteiger partial charge >= 0.3 is 0 Å². The zero-order chi connectivity index (χ0) is 24.4. The van der Waals surface area contributed by atoms with Gasteiger partial charge < -0.3 is 14.2 Å². The fourth-order valence-corrected chi connectivity index (χ4v) is 5.12. The third-order valence-corrected chi connectivity index (χ3v) is 6.74. The Morgan fingerprint density at radius 2 is 1.89 bits per heavy atom. The van der Waals surface area contributed by atoms with Gasteiger partial charge in [-0.05, 0) is 60.5 Å². The summed E-state index contributed by atoms with van der Waals surface area (Å²) in [4.78, 5) is 18.3. The maximum absolute atomic E-state index is 13.0. The Morgan fingerprint density at radius 3 is 2.71 bits per heavy atom. The maximum Gasteiger partial charge on any atom is 0.274 e. The van der Waals surface area contributed by atoms with E-state index in [1.54, 1.807) is 23.7 Å². The van der Waals surface area contributed by atoms with Gasteiger partial charge in [0.05, 0.1) is 40.9 Å². The lowest BCUT2D eigenvalue weighted by atomic mass is 10.2. The van der Waals surface area contributed by atoms with Gasteiger partial charge in [-0.2, -0.15) is 0 Å². The van der Waals surface area contributed by atoms with Crippen LogP contribution in [-0.2, 0) is 0 Å². The minimum absolute atomic E-state index is 0.109. The average Bonchev–Trinajstić information content (AvgIpc) is 3.35. The van der Waals surface area contributed by atoms with Gasteiger partial charge in [0.15, 0.2) is 16.5 Å². The summed E-state index contributed by atoms with van der Waals surface area (Å²) in [6.07, 6.45) is 2.48. The first-order valence-corrected chi connectivity index (χ1v) is 12.3. The van der Waals surface area contributed by atoms with Crippen molar-refractivity contribution in [3.8, 4) is 17.2 Å². The molecule has 2 heterocycles. The van der Waals surface area contributed by atoms with Crippen LogP contribution in [0.25, 0.3) is 22.1 Å². The molecular weight excluding hydrogens is 484 g/mol. The van der Waals surface area contributed by atoms with Crippen LogP contribution in [-0.4, -0.2) is 29.7 Å². The summed E-state index contributed by atoms with van der Waals surface area (Å²) in [5, 5.41) is 0.412. The summed E-state index contributed by atoms with van der Waals surface area (Å²) in [5.41, 5.74) is 3.39. The third-order valence-electron chi connectivity index (χ3n) is 5.49. The zero-order valence-electron chi connectivity index (χ0n) is 19.3. The molecule has 0 aliphatic heterocycles. The summed E-state index contributed by atoms with van der Waals surface area (Å²) in [6.45, 7) is 2.98. The van der Waals surface area contributed by atoms with Crippen LogP contribution >= 0.6 is 22.9 Å². The number of hydrogen-bond donors (Lipinski definition) is 0. The molecule has 0 radical (unpaired) electrons. The standard InChI is InChI=1S/C27H23ClN2O4S/c1-17-7-5-8-19(13-17)33-11-6-12-34-25-20(28)14-18(15-23(25)32-2)16-24-26(31)30-22-10-4-3-9-21(22)29-27(30)35-24/h3-5,7-10,13-16H,6,11-12H2,1-2H3/b24-16-. The third kappa shape index (κ3) is 4.83. The first-order valence-electron chi connectivity index (χ1n) is 11.1. The highest BCUT2D eigenvalue weighted by Gasteiger charge is 2.14. The molecule has 35 heavy (non-hydrogen) atoms. The number of ether oxygens (including phenoxy) is 3. The van der Waals surface area contributed by atoms with Gasteiger partial charge in [-0.15, -0.1) is 0 Å². The summed E-state index contributed by atoms with van der Waals surface area (Å²) in [6, 6.07) is 19.1. The monoisotopic (exact) mass is 506 g/mol. The second-order valence-corrected chi connectivity index (χ2v) is 9.45. The lowest BCUT2D eigenvalue weighted by Gasteiger charge is -2.13. The van der Waals surface area contributed by atoms with Gasteiger partial charge in [0, 0.05) is 6.42 Å². The molecule has 0 saturated carbocycles. The Balaban J connectivity index is 1.33. The number of methoxy groups -OCH3 is 1. The summed E-state index contributed by atoms with van der Waals surface area (Å²) < 4.78 is 19.4. The number of halogens is 1. The van der Waals surface area contributed by atoms with Crippen molar-refractivity contribution in [2.24, 2.45) is 0 Å². The van der Waals surface area contributed by atoms with Crippen LogP contribution in [0.5, 0.6) is 17.2 Å². The van der Waals surface area contributed by atoms with E-state index in [9.17, 15) is 4.79 Å². The van der Waals surface area contributed by atoms with Crippen molar-refractivity contribution in [1.82, 2.24) is 9.38 Å². The van der Waals surface area contributed by atoms with Crippen molar-refractivity contribution in [1.29, 1.82) is 0 Å². The van der Waals surface area contributed by atoms with Crippen LogP contribution < -0.4 is 24.3 Å². The van der Waals surface area contributed by atoms with Gasteiger partial charge in [-0.3, -0.25) is 4.79 Å². The molecule has 0 fully saturated rings. The molecular formula is C27H23ClN2O4S. The van der Waals surface area contributed by atoms with E-state index in [0.29, 0.717) is 45.6 Å². The predicted octanol–water partition coefficient (Wildman–Crippen LogP) is 5.28. The van der Waals surface area contributed by atoms with Gasteiger partial charge in [-0.1, -0.05) is 47.2 Å². The Labute approximate surface area is 211 Å². The van der Waals surface area contributed by atoms with Gasteiger partial charge in [0.2, 0.25) is 0 Å².